The molecule has 0 bridgehead atoms. The van der Waals surface area contributed by atoms with Crippen LogP contribution in [0.2, 0.25) is 0 Å². The Morgan fingerprint density at radius 2 is 1.14 bits per heavy atom. The van der Waals surface area contributed by atoms with Crippen molar-refractivity contribution < 1.29 is 29.1 Å². The number of fused-ring (bicyclic) bond motifs is 2. The summed E-state index contributed by atoms with van der Waals surface area (Å²) in [4.78, 5) is 30.1. The molecular weight excluding hydrogens is 465 g/mol. The van der Waals surface area contributed by atoms with Crippen LogP contribution in [0, 0.1) is 0 Å². The zero-order valence-electron chi connectivity index (χ0n) is 18.5. The molecule has 0 radical (unpaired) electrons. The number of hydrogen-bond donors (Lipinski definition) is 5. The van der Waals surface area contributed by atoms with Gasteiger partial charge in [-0.2, -0.15) is 0 Å². The van der Waals surface area contributed by atoms with Crippen LogP contribution < -0.4 is 5.73 Å². The number of phosphoric acid groups is 1. The molecule has 5 aromatic rings. The molecule has 6 N–H and O–H groups in total. The van der Waals surface area contributed by atoms with Gasteiger partial charge < -0.3 is 25.5 Å². The number of phenolic OH excluding ortho intramolecular Hbond substituents is 1. The van der Waals surface area contributed by atoms with Crippen molar-refractivity contribution in [2.24, 2.45) is 5.73 Å². The second-order valence-electron chi connectivity index (χ2n) is 7.44. The fourth-order valence-electron chi connectivity index (χ4n) is 3.87. The number of benzene rings is 5. The van der Waals surface area contributed by atoms with E-state index in [2.05, 4.69) is 78.5 Å². The fourth-order valence-corrected chi connectivity index (χ4v) is 3.87. The molecule has 7 nitrogen and oxygen atoms in total. The zero-order chi connectivity index (χ0) is 25.4. The first-order valence-electron chi connectivity index (χ1n) is 10.5. The molecule has 0 aliphatic heterocycles. The Morgan fingerprint density at radius 1 is 0.657 bits per heavy atom. The van der Waals surface area contributed by atoms with Gasteiger partial charge in [0.1, 0.15) is 5.75 Å². The molecule has 5 aromatic carbocycles. The van der Waals surface area contributed by atoms with Crippen molar-refractivity contribution in [3.8, 4) is 28.0 Å². The summed E-state index contributed by atoms with van der Waals surface area (Å²) in [5.74, 6) is 0.303. The third-order valence-corrected chi connectivity index (χ3v) is 5.14. The van der Waals surface area contributed by atoms with E-state index in [1.165, 1.54) is 16.2 Å². The second-order valence-corrected chi connectivity index (χ2v) is 8.47. The normalized spacial score (nSPS) is 10.6. The lowest BCUT2D eigenvalue weighted by atomic mass is 9.90. The van der Waals surface area contributed by atoms with Crippen LogP contribution in [0.25, 0.3) is 43.8 Å². The highest BCUT2D eigenvalue weighted by atomic mass is 31.2. The molecule has 0 atom stereocenters. The maximum atomic E-state index is 10.8. The molecule has 0 unspecified atom stereocenters. The third kappa shape index (κ3) is 6.76. The number of nitrogens with two attached hydrogens (primary N) is 1. The van der Waals surface area contributed by atoms with Gasteiger partial charge in [0.2, 0.25) is 6.41 Å². The van der Waals surface area contributed by atoms with Gasteiger partial charge in [0.15, 0.2) is 0 Å². The predicted molar refractivity (Wildman–Crippen MR) is 139 cm³/mol. The van der Waals surface area contributed by atoms with Gasteiger partial charge in [0.05, 0.1) is 0 Å². The van der Waals surface area contributed by atoms with Crippen molar-refractivity contribution in [3.63, 3.8) is 0 Å². The molecule has 0 saturated heterocycles. The summed E-state index contributed by atoms with van der Waals surface area (Å²) >= 11 is 0. The lowest BCUT2D eigenvalue weighted by Crippen LogP contribution is -1.88. The highest BCUT2D eigenvalue weighted by molar-refractivity contribution is 7.45. The first kappa shape index (κ1) is 25.6. The molecule has 178 valence electrons. The molecule has 1 amide bonds. The molecule has 5 rings (SSSR count). The zero-order valence-corrected chi connectivity index (χ0v) is 19.4. The minimum atomic E-state index is -4.64. The van der Waals surface area contributed by atoms with E-state index in [0.717, 1.165) is 27.6 Å². The topological polar surface area (TPSA) is 141 Å². The summed E-state index contributed by atoms with van der Waals surface area (Å²) < 4.78 is 8.88. The number of rotatable bonds is 2. The quantitative estimate of drug-likeness (QED) is 0.131. The van der Waals surface area contributed by atoms with E-state index >= 15 is 0 Å². The maximum Gasteiger partial charge on any atom is 0.466 e. The van der Waals surface area contributed by atoms with Crippen molar-refractivity contribution in [2.45, 2.75) is 0 Å². The van der Waals surface area contributed by atoms with Crippen LogP contribution in [0.3, 0.4) is 0 Å². The SMILES string of the molecule is NC=O.O=P(O)(O)O.Oc1cccc(-c2ccccc2)c1-c1cccc2cc3ccccc3cc12. The average molecular weight is 489 g/mol. The van der Waals surface area contributed by atoms with Gasteiger partial charge in [0, 0.05) is 5.56 Å². The molecule has 0 aliphatic carbocycles. The van der Waals surface area contributed by atoms with E-state index in [9.17, 15) is 5.11 Å². The average Bonchev–Trinajstić information content (AvgIpc) is 2.82. The van der Waals surface area contributed by atoms with Crippen LogP contribution in [0.5, 0.6) is 5.75 Å². The van der Waals surface area contributed by atoms with Crippen molar-refractivity contribution in [2.75, 3.05) is 0 Å². The Labute approximate surface area is 202 Å². The van der Waals surface area contributed by atoms with Crippen molar-refractivity contribution in [3.05, 3.63) is 103 Å². The highest BCUT2D eigenvalue weighted by Gasteiger charge is 2.14. The van der Waals surface area contributed by atoms with Crippen molar-refractivity contribution in [1.82, 2.24) is 0 Å². The van der Waals surface area contributed by atoms with E-state index in [4.69, 9.17) is 24.0 Å². The summed E-state index contributed by atoms with van der Waals surface area (Å²) in [5.41, 5.74) is 8.23. The largest absolute Gasteiger partial charge is 0.507 e. The highest BCUT2D eigenvalue weighted by Crippen LogP contribution is 2.42. The molecule has 0 aromatic heterocycles. The Morgan fingerprint density at radius 3 is 1.77 bits per heavy atom. The van der Waals surface area contributed by atoms with Crippen LogP contribution >= 0.6 is 7.82 Å². The smallest absolute Gasteiger partial charge is 0.466 e. The monoisotopic (exact) mass is 489 g/mol. The molecule has 0 heterocycles. The lowest BCUT2D eigenvalue weighted by molar-refractivity contribution is -0.106. The Kier molecular flexibility index (Phi) is 8.36. The van der Waals surface area contributed by atoms with Gasteiger partial charge in [-0.25, -0.2) is 4.57 Å². The van der Waals surface area contributed by atoms with Gasteiger partial charge in [-0.1, -0.05) is 84.9 Å². The van der Waals surface area contributed by atoms with E-state index in [1.807, 2.05) is 24.3 Å². The summed E-state index contributed by atoms with van der Waals surface area (Å²) in [6.45, 7) is 0. The molecule has 0 saturated carbocycles. The number of hydrogen-bond acceptors (Lipinski definition) is 3. The fraction of sp³-hybridized carbons (Fsp3) is 0. The van der Waals surface area contributed by atoms with Crippen LogP contribution in [-0.2, 0) is 9.36 Å². The molecular formula is C27H24NO6P. The minimum absolute atomic E-state index is 0.250. The molecule has 0 fully saturated rings. The maximum absolute atomic E-state index is 10.8. The van der Waals surface area contributed by atoms with E-state index in [-0.39, 0.29) is 6.41 Å². The second kappa shape index (κ2) is 11.4. The lowest BCUT2D eigenvalue weighted by Gasteiger charge is -2.15. The third-order valence-electron chi connectivity index (χ3n) is 5.14. The summed E-state index contributed by atoms with van der Waals surface area (Å²) in [5, 5.41) is 15.5. The van der Waals surface area contributed by atoms with Crippen molar-refractivity contribution >= 4 is 35.8 Å². The van der Waals surface area contributed by atoms with Gasteiger partial charge >= 0.3 is 7.82 Å². The van der Waals surface area contributed by atoms with Gasteiger partial charge in [-0.3, -0.25) is 4.79 Å². The number of carbonyl (C=O) groups is 1. The van der Waals surface area contributed by atoms with E-state index in [1.54, 1.807) is 6.07 Å². The number of primary amides is 1. The Balaban J connectivity index is 0.000000377. The predicted octanol–water partition coefficient (Wildman–Crippen LogP) is 5.21. The van der Waals surface area contributed by atoms with Crippen LogP contribution in [0.4, 0.5) is 0 Å². The van der Waals surface area contributed by atoms with Gasteiger partial charge in [-0.15, -0.1) is 0 Å². The van der Waals surface area contributed by atoms with Crippen LogP contribution in [0.1, 0.15) is 0 Å². The molecule has 0 spiro atoms. The summed E-state index contributed by atoms with van der Waals surface area (Å²) in [6, 6.07) is 35.1. The number of carbonyl (C=O) groups excluding carboxylic acids is 1. The minimum Gasteiger partial charge on any atom is -0.507 e. The van der Waals surface area contributed by atoms with Crippen molar-refractivity contribution in [1.29, 1.82) is 0 Å². The number of phenols is 1. The standard InChI is InChI=1S/C26H18O.CH3NO.H3O4P/c27-25-15-7-13-22(18-8-2-1-3-9-18)26(25)23-14-6-12-21-16-19-10-4-5-11-20(19)17-24(21)23;2-1-3;1-5(2,3)4/h1-17,27H;1H,(H2,2,3);(H3,1,2,3,4). The Hall–Kier alpha value is -4.00. The summed E-state index contributed by atoms with van der Waals surface area (Å²) in [7, 11) is -4.64. The number of amides is 1. The Bertz CT molecular complexity index is 1490. The van der Waals surface area contributed by atoms with Gasteiger partial charge in [0.25, 0.3) is 0 Å². The molecule has 0 aliphatic rings. The molecule has 8 heteroatoms. The number of aromatic hydroxyl groups is 1. The van der Waals surface area contributed by atoms with E-state index in [0.29, 0.717) is 5.75 Å². The summed E-state index contributed by atoms with van der Waals surface area (Å²) in [6.07, 6.45) is 0.250. The first-order chi connectivity index (χ1) is 16.7. The van der Waals surface area contributed by atoms with Crippen LogP contribution in [0.15, 0.2) is 103 Å². The van der Waals surface area contributed by atoms with Gasteiger partial charge in [-0.05, 0) is 56.4 Å². The van der Waals surface area contributed by atoms with E-state index < -0.39 is 7.82 Å². The first-order valence-corrected chi connectivity index (χ1v) is 12.0. The van der Waals surface area contributed by atoms with Crippen LogP contribution in [-0.4, -0.2) is 26.2 Å². The molecule has 35 heavy (non-hydrogen) atoms.